The molecule has 0 aliphatic carbocycles. The summed E-state index contributed by atoms with van der Waals surface area (Å²) in [5.74, 6) is -0.265. The van der Waals surface area contributed by atoms with Crippen LogP contribution in [0.3, 0.4) is 0 Å². The number of halogens is 4. The van der Waals surface area contributed by atoms with E-state index < -0.39 is 16.6 Å². The lowest BCUT2D eigenvalue weighted by atomic mass is 10.3. The molecule has 0 bridgehead atoms. The standard InChI is InChI=1S/C11H13ClF2N2O3S.ClH/c12-9-5-8(1-2-10(9)19-11(13)14)20(17,18)16-4-3-7(15)6-16;/h1-2,5,7,11H,3-4,6,15H2;1H. The highest BCUT2D eigenvalue weighted by Crippen LogP contribution is 2.30. The molecule has 1 aliphatic heterocycles. The van der Waals surface area contributed by atoms with Crippen LogP contribution in [0, 0.1) is 0 Å². The summed E-state index contributed by atoms with van der Waals surface area (Å²) < 4.78 is 54.2. The van der Waals surface area contributed by atoms with E-state index in [-0.39, 0.29) is 40.7 Å². The maximum Gasteiger partial charge on any atom is 0.387 e. The molecule has 5 nitrogen and oxygen atoms in total. The second-order valence-corrected chi connectivity index (χ2v) is 6.73. The summed E-state index contributed by atoms with van der Waals surface area (Å²) in [6.07, 6.45) is 0.583. The fraction of sp³-hybridized carbons (Fsp3) is 0.455. The molecule has 0 radical (unpaired) electrons. The third-order valence-electron chi connectivity index (χ3n) is 2.94. The summed E-state index contributed by atoms with van der Waals surface area (Å²) >= 11 is 5.75. The molecular formula is C11H14Cl2F2N2O3S. The summed E-state index contributed by atoms with van der Waals surface area (Å²) in [6.45, 7) is -2.46. The van der Waals surface area contributed by atoms with E-state index in [0.29, 0.717) is 13.0 Å². The second-order valence-electron chi connectivity index (χ2n) is 4.38. The second kappa shape index (κ2) is 7.06. The summed E-state index contributed by atoms with van der Waals surface area (Å²) in [5.41, 5.74) is 5.67. The van der Waals surface area contributed by atoms with E-state index in [1.165, 1.54) is 10.4 Å². The minimum absolute atomic E-state index is 0. The van der Waals surface area contributed by atoms with Crippen molar-refractivity contribution in [1.82, 2.24) is 4.31 Å². The molecule has 2 rings (SSSR count). The van der Waals surface area contributed by atoms with Gasteiger partial charge in [-0.05, 0) is 24.6 Å². The number of benzene rings is 1. The van der Waals surface area contributed by atoms with Gasteiger partial charge < -0.3 is 10.5 Å². The van der Waals surface area contributed by atoms with Crippen LogP contribution in [0.2, 0.25) is 5.02 Å². The number of hydrogen-bond donors (Lipinski definition) is 1. The van der Waals surface area contributed by atoms with Gasteiger partial charge in [-0.25, -0.2) is 8.42 Å². The Bertz CT molecular complexity index is 601. The maximum atomic E-state index is 12.3. The van der Waals surface area contributed by atoms with Crippen molar-refractivity contribution in [2.24, 2.45) is 5.73 Å². The summed E-state index contributed by atoms with van der Waals surface area (Å²) in [7, 11) is -3.71. The Morgan fingerprint density at radius 3 is 2.57 bits per heavy atom. The highest BCUT2D eigenvalue weighted by Gasteiger charge is 2.31. The zero-order chi connectivity index (χ0) is 14.9. The number of rotatable bonds is 4. The van der Waals surface area contributed by atoms with Crippen molar-refractivity contribution in [3.8, 4) is 5.75 Å². The molecule has 1 fully saturated rings. The molecule has 1 aromatic carbocycles. The van der Waals surface area contributed by atoms with E-state index in [9.17, 15) is 17.2 Å². The highest BCUT2D eigenvalue weighted by atomic mass is 35.5. The van der Waals surface area contributed by atoms with Crippen molar-refractivity contribution in [2.75, 3.05) is 13.1 Å². The zero-order valence-electron chi connectivity index (χ0n) is 10.7. The molecule has 0 aromatic heterocycles. The molecule has 2 N–H and O–H groups in total. The number of nitrogens with two attached hydrogens (primary N) is 1. The molecule has 120 valence electrons. The molecule has 1 heterocycles. The van der Waals surface area contributed by atoms with Crippen molar-refractivity contribution in [3.63, 3.8) is 0 Å². The Balaban J connectivity index is 0.00000220. The third-order valence-corrected chi connectivity index (χ3v) is 5.10. The van der Waals surface area contributed by atoms with Crippen LogP contribution in [0.4, 0.5) is 8.78 Å². The molecule has 10 heteroatoms. The smallest absolute Gasteiger partial charge is 0.387 e. The highest BCUT2D eigenvalue weighted by molar-refractivity contribution is 7.89. The fourth-order valence-electron chi connectivity index (χ4n) is 1.95. The van der Waals surface area contributed by atoms with Crippen LogP contribution < -0.4 is 10.5 Å². The normalized spacial score (nSPS) is 19.6. The van der Waals surface area contributed by atoms with Crippen molar-refractivity contribution in [3.05, 3.63) is 23.2 Å². The van der Waals surface area contributed by atoms with Gasteiger partial charge in [-0.3, -0.25) is 0 Å². The van der Waals surface area contributed by atoms with Crippen LogP contribution in [0.15, 0.2) is 23.1 Å². The van der Waals surface area contributed by atoms with Gasteiger partial charge in [0.25, 0.3) is 0 Å². The van der Waals surface area contributed by atoms with Crippen molar-refractivity contribution in [2.45, 2.75) is 24.0 Å². The topological polar surface area (TPSA) is 72.6 Å². The minimum atomic E-state index is -3.71. The Labute approximate surface area is 132 Å². The molecule has 1 saturated heterocycles. The van der Waals surface area contributed by atoms with E-state index in [1.807, 2.05) is 0 Å². The van der Waals surface area contributed by atoms with Crippen LogP contribution in [0.25, 0.3) is 0 Å². The van der Waals surface area contributed by atoms with Gasteiger partial charge in [-0.2, -0.15) is 13.1 Å². The fourth-order valence-corrected chi connectivity index (χ4v) is 3.78. The quantitative estimate of drug-likeness (QED) is 0.889. The molecular weight excluding hydrogens is 349 g/mol. The average molecular weight is 363 g/mol. The van der Waals surface area contributed by atoms with Gasteiger partial charge >= 0.3 is 6.61 Å². The van der Waals surface area contributed by atoms with Gasteiger partial charge in [0.15, 0.2) is 0 Å². The first kappa shape index (κ1) is 18.4. The Morgan fingerprint density at radius 2 is 2.10 bits per heavy atom. The van der Waals surface area contributed by atoms with Crippen molar-refractivity contribution in [1.29, 1.82) is 0 Å². The van der Waals surface area contributed by atoms with Gasteiger partial charge in [0.1, 0.15) is 5.75 Å². The van der Waals surface area contributed by atoms with Crippen LogP contribution in [-0.2, 0) is 10.0 Å². The van der Waals surface area contributed by atoms with E-state index in [2.05, 4.69) is 4.74 Å². The van der Waals surface area contributed by atoms with Gasteiger partial charge in [-0.15, -0.1) is 12.4 Å². The molecule has 1 aliphatic rings. The largest absolute Gasteiger partial charge is 0.433 e. The lowest BCUT2D eigenvalue weighted by molar-refractivity contribution is -0.0498. The molecule has 0 spiro atoms. The first-order valence-electron chi connectivity index (χ1n) is 5.81. The zero-order valence-corrected chi connectivity index (χ0v) is 13.1. The number of nitrogens with zero attached hydrogens (tertiary/aromatic N) is 1. The third kappa shape index (κ3) is 4.17. The molecule has 1 unspecified atom stereocenters. The Kier molecular flexibility index (Phi) is 6.18. The van der Waals surface area contributed by atoms with Gasteiger partial charge in [0.2, 0.25) is 10.0 Å². The van der Waals surface area contributed by atoms with Gasteiger partial charge in [-0.1, -0.05) is 11.6 Å². The molecule has 0 amide bonds. The van der Waals surface area contributed by atoms with E-state index >= 15 is 0 Å². The van der Waals surface area contributed by atoms with Gasteiger partial charge in [0, 0.05) is 19.1 Å². The van der Waals surface area contributed by atoms with Crippen LogP contribution >= 0.6 is 24.0 Å². The number of sulfonamides is 1. The summed E-state index contributed by atoms with van der Waals surface area (Å²) in [6, 6.07) is 3.19. The van der Waals surface area contributed by atoms with Crippen molar-refractivity contribution < 1.29 is 21.9 Å². The lowest BCUT2D eigenvalue weighted by Gasteiger charge is -2.16. The van der Waals surface area contributed by atoms with Crippen molar-refractivity contribution >= 4 is 34.0 Å². The Hall–Kier alpha value is -0.670. The number of alkyl halides is 2. The monoisotopic (exact) mass is 362 g/mol. The predicted molar refractivity (Wildman–Crippen MR) is 76.7 cm³/mol. The lowest BCUT2D eigenvalue weighted by Crippen LogP contribution is -2.31. The summed E-state index contributed by atoms with van der Waals surface area (Å²) in [4.78, 5) is -0.0711. The van der Waals surface area contributed by atoms with Crippen LogP contribution in [0.5, 0.6) is 5.75 Å². The van der Waals surface area contributed by atoms with Crippen LogP contribution in [-0.4, -0.2) is 38.5 Å². The predicted octanol–water partition coefficient (Wildman–Crippen LogP) is 2.08. The van der Waals surface area contributed by atoms with E-state index in [1.54, 1.807) is 0 Å². The van der Waals surface area contributed by atoms with Gasteiger partial charge in [0.05, 0.1) is 9.92 Å². The molecule has 1 atom stereocenters. The summed E-state index contributed by atoms with van der Waals surface area (Å²) in [5, 5.41) is -0.185. The first-order valence-corrected chi connectivity index (χ1v) is 7.62. The Morgan fingerprint density at radius 1 is 1.43 bits per heavy atom. The first-order chi connectivity index (χ1) is 9.30. The average Bonchev–Trinajstić information content (AvgIpc) is 2.78. The molecule has 21 heavy (non-hydrogen) atoms. The SMILES string of the molecule is Cl.NC1CCN(S(=O)(=O)c2ccc(OC(F)F)c(Cl)c2)C1. The van der Waals surface area contributed by atoms with E-state index in [0.717, 1.165) is 12.1 Å². The number of hydrogen-bond acceptors (Lipinski definition) is 4. The number of ether oxygens (including phenoxy) is 1. The minimum Gasteiger partial charge on any atom is -0.433 e. The molecule has 1 aromatic rings. The maximum absolute atomic E-state index is 12.3. The van der Waals surface area contributed by atoms with E-state index in [4.69, 9.17) is 17.3 Å². The molecule has 0 saturated carbocycles. The van der Waals surface area contributed by atoms with Crippen LogP contribution in [0.1, 0.15) is 6.42 Å².